The molecule has 0 aromatic carbocycles. The van der Waals surface area contributed by atoms with Crippen molar-refractivity contribution < 1.29 is 0 Å². The van der Waals surface area contributed by atoms with Gasteiger partial charge in [-0.1, -0.05) is 0 Å². The van der Waals surface area contributed by atoms with E-state index in [-0.39, 0.29) is 0 Å². The predicted molar refractivity (Wildman–Crippen MR) is 60.9 cm³/mol. The average molecular weight is 217 g/mol. The zero-order valence-corrected chi connectivity index (χ0v) is 9.56. The molecule has 0 atom stereocenters. The summed E-state index contributed by atoms with van der Waals surface area (Å²) < 4.78 is 4.13. The molecular formula is C11H15N5. The maximum atomic E-state index is 4.45. The molecule has 5 nitrogen and oxygen atoms in total. The molecule has 2 aromatic rings. The fourth-order valence-electron chi connectivity index (χ4n) is 2.26. The van der Waals surface area contributed by atoms with Gasteiger partial charge in [0, 0.05) is 31.9 Å². The van der Waals surface area contributed by atoms with Crippen molar-refractivity contribution in [2.45, 2.75) is 20.0 Å². The normalized spacial score (nSPS) is 15.1. The summed E-state index contributed by atoms with van der Waals surface area (Å²) in [6, 6.07) is 0. The Morgan fingerprint density at radius 1 is 1.44 bits per heavy atom. The lowest BCUT2D eigenvalue weighted by atomic mass is 10.2. The van der Waals surface area contributed by atoms with Crippen molar-refractivity contribution in [2.75, 3.05) is 6.54 Å². The van der Waals surface area contributed by atoms with Gasteiger partial charge in [-0.05, 0) is 6.92 Å². The Kier molecular flexibility index (Phi) is 2.07. The van der Waals surface area contributed by atoms with Crippen LogP contribution in [0, 0.1) is 6.92 Å². The maximum Gasteiger partial charge on any atom is 0.123 e. The standard InChI is InChI=1S/C11H15N5/c1-8-9(7-15(2)14-8)10-5-13-11-6-12-3-4-16(10)11/h5,7,12H,3-4,6H2,1-2H3. The van der Waals surface area contributed by atoms with Crippen molar-refractivity contribution in [3.8, 4) is 11.3 Å². The molecule has 3 rings (SSSR count). The second kappa shape index (κ2) is 3.45. The molecule has 0 saturated carbocycles. The molecular weight excluding hydrogens is 202 g/mol. The Balaban J connectivity index is 2.13. The third-order valence-electron chi connectivity index (χ3n) is 3.02. The second-order valence-electron chi connectivity index (χ2n) is 4.19. The van der Waals surface area contributed by atoms with Gasteiger partial charge in [0.15, 0.2) is 0 Å². The molecule has 3 heterocycles. The molecule has 1 N–H and O–H groups in total. The van der Waals surface area contributed by atoms with Gasteiger partial charge < -0.3 is 9.88 Å². The van der Waals surface area contributed by atoms with Gasteiger partial charge in [0.25, 0.3) is 0 Å². The van der Waals surface area contributed by atoms with Gasteiger partial charge in [-0.15, -0.1) is 0 Å². The summed E-state index contributed by atoms with van der Waals surface area (Å²) in [6.45, 7) is 4.89. The first-order chi connectivity index (χ1) is 7.75. The number of aryl methyl sites for hydroxylation is 2. The first kappa shape index (κ1) is 9.59. The fourth-order valence-corrected chi connectivity index (χ4v) is 2.26. The highest BCUT2D eigenvalue weighted by atomic mass is 15.3. The van der Waals surface area contributed by atoms with E-state index in [0.29, 0.717) is 0 Å². The summed E-state index contributed by atoms with van der Waals surface area (Å²) in [5, 5.41) is 7.70. The molecule has 0 radical (unpaired) electrons. The van der Waals surface area contributed by atoms with Crippen LogP contribution in [0.4, 0.5) is 0 Å². The molecule has 0 amide bonds. The number of aromatic nitrogens is 4. The van der Waals surface area contributed by atoms with Crippen LogP contribution in [0.25, 0.3) is 11.3 Å². The van der Waals surface area contributed by atoms with E-state index in [1.165, 1.54) is 11.3 Å². The zero-order chi connectivity index (χ0) is 11.1. The van der Waals surface area contributed by atoms with Gasteiger partial charge in [0.05, 0.1) is 24.1 Å². The van der Waals surface area contributed by atoms with Crippen molar-refractivity contribution in [1.29, 1.82) is 0 Å². The SMILES string of the molecule is Cc1nn(C)cc1-c1cnc2n1CCNC2. The van der Waals surface area contributed by atoms with E-state index in [1.54, 1.807) is 0 Å². The van der Waals surface area contributed by atoms with Crippen LogP contribution in [-0.2, 0) is 20.1 Å². The molecule has 84 valence electrons. The summed E-state index contributed by atoms with van der Waals surface area (Å²) in [7, 11) is 1.95. The van der Waals surface area contributed by atoms with Crippen molar-refractivity contribution in [2.24, 2.45) is 7.05 Å². The minimum absolute atomic E-state index is 0.860. The van der Waals surface area contributed by atoms with Crippen LogP contribution in [0.5, 0.6) is 0 Å². The highest BCUT2D eigenvalue weighted by molar-refractivity contribution is 5.61. The van der Waals surface area contributed by atoms with Crippen LogP contribution in [0.1, 0.15) is 11.5 Å². The largest absolute Gasteiger partial charge is 0.326 e. The zero-order valence-electron chi connectivity index (χ0n) is 9.56. The predicted octanol–water partition coefficient (Wildman–Crippen LogP) is 0.695. The lowest BCUT2D eigenvalue weighted by molar-refractivity contribution is 0.508. The third-order valence-corrected chi connectivity index (χ3v) is 3.02. The van der Waals surface area contributed by atoms with E-state index in [1.807, 2.05) is 24.9 Å². The lowest BCUT2D eigenvalue weighted by Gasteiger charge is -2.17. The molecule has 0 spiro atoms. The molecule has 0 fully saturated rings. The van der Waals surface area contributed by atoms with Gasteiger partial charge >= 0.3 is 0 Å². The Morgan fingerprint density at radius 3 is 3.06 bits per heavy atom. The highest BCUT2D eigenvalue weighted by Gasteiger charge is 2.17. The molecule has 1 aliphatic heterocycles. The van der Waals surface area contributed by atoms with Gasteiger partial charge in [-0.3, -0.25) is 4.68 Å². The van der Waals surface area contributed by atoms with Crippen molar-refractivity contribution in [1.82, 2.24) is 24.6 Å². The molecule has 5 heteroatoms. The fraction of sp³-hybridized carbons (Fsp3) is 0.455. The first-order valence-electron chi connectivity index (χ1n) is 5.51. The lowest BCUT2D eigenvalue weighted by Crippen LogP contribution is -2.28. The number of imidazole rings is 1. The van der Waals surface area contributed by atoms with Crippen LogP contribution in [0.15, 0.2) is 12.4 Å². The molecule has 0 aliphatic carbocycles. The average Bonchev–Trinajstić information content (AvgIpc) is 2.81. The minimum Gasteiger partial charge on any atom is -0.326 e. The molecule has 1 aliphatic rings. The maximum absolute atomic E-state index is 4.45. The van der Waals surface area contributed by atoms with Crippen molar-refractivity contribution in [3.05, 3.63) is 23.9 Å². The topological polar surface area (TPSA) is 47.7 Å². The van der Waals surface area contributed by atoms with Crippen molar-refractivity contribution in [3.63, 3.8) is 0 Å². The van der Waals surface area contributed by atoms with E-state index in [4.69, 9.17) is 0 Å². The summed E-state index contributed by atoms with van der Waals surface area (Å²) in [4.78, 5) is 4.45. The molecule has 2 aromatic heterocycles. The molecule has 0 saturated heterocycles. The van der Waals surface area contributed by atoms with Gasteiger partial charge in [0.2, 0.25) is 0 Å². The third kappa shape index (κ3) is 1.36. The molecule has 16 heavy (non-hydrogen) atoms. The van der Waals surface area contributed by atoms with E-state index >= 15 is 0 Å². The Hall–Kier alpha value is -1.62. The molecule has 0 bridgehead atoms. The monoisotopic (exact) mass is 217 g/mol. The quantitative estimate of drug-likeness (QED) is 0.764. The summed E-state index contributed by atoms with van der Waals surface area (Å²) in [5.41, 5.74) is 3.42. The van der Waals surface area contributed by atoms with Crippen LogP contribution < -0.4 is 5.32 Å². The first-order valence-corrected chi connectivity index (χ1v) is 5.51. The van der Waals surface area contributed by atoms with Gasteiger partial charge in [0.1, 0.15) is 5.82 Å². The van der Waals surface area contributed by atoms with Crippen molar-refractivity contribution >= 4 is 0 Å². The number of hydrogen-bond acceptors (Lipinski definition) is 3. The second-order valence-corrected chi connectivity index (χ2v) is 4.19. The van der Waals surface area contributed by atoms with Crippen LogP contribution >= 0.6 is 0 Å². The number of fused-ring (bicyclic) bond motifs is 1. The van der Waals surface area contributed by atoms with E-state index in [2.05, 4.69) is 26.2 Å². The summed E-state index contributed by atoms with van der Waals surface area (Å²) in [6.07, 6.45) is 4.01. The van der Waals surface area contributed by atoms with E-state index < -0.39 is 0 Å². The minimum atomic E-state index is 0.860. The number of hydrogen-bond donors (Lipinski definition) is 1. The number of rotatable bonds is 1. The Labute approximate surface area is 94.1 Å². The van der Waals surface area contributed by atoms with Gasteiger partial charge in [-0.25, -0.2) is 4.98 Å². The van der Waals surface area contributed by atoms with Crippen LogP contribution in [0.2, 0.25) is 0 Å². The summed E-state index contributed by atoms with van der Waals surface area (Å²) >= 11 is 0. The smallest absolute Gasteiger partial charge is 0.123 e. The van der Waals surface area contributed by atoms with Gasteiger partial charge in [-0.2, -0.15) is 5.10 Å². The van der Waals surface area contributed by atoms with Crippen LogP contribution in [-0.4, -0.2) is 25.9 Å². The molecule has 0 unspecified atom stereocenters. The van der Waals surface area contributed by atoms with Crippen LogP contribution in [0.3, 0.4) is 0 Å². The summed E-state index contributed by atoms with van der Waals surface area (Å²) in [5.74, 6) is 1.12. The van der Waals surface area contributed by atoms with E-state index in [0.717, 1.165) is 31.2 Å². The number of nitrogens with one attached hydrogen (secondary N) is 1. The van der Waals surface area contributed by atoms with E-state index in [9.17, 15) is 0 Å². The number of nitrogens with zero attached hydrogens (tertiary/aromatic N) is 4. The Bertz CT molecular complexity index is 522. The highest BCUT2D eigenvalue weighted by Crippen LogP contribution is 2.24. The Morgan fingerprint density at radius 2 is 2.31 bits per heavy atom.